The molecular formula is C31H17Li4N9O10S2. The molecule has 56 heavy (non-hydrogen) atoms. The maximum atomic E-state index is 11.6. The van der Waals surface area contributed by atoms with Crippen LogP contribution in [0.3, 0.4) is 0 Å². The van der Waals surface area contributed by atoms with Crippen LogP contribution in [-0.4, -0.2) is 52.6 Å². The molecule has 5 rings (SSSR count). The third kappa shape index (κ3) is 11.2. The molecule has 0 bridgehead atoms. The number of anilines is 4. The Morgan fingerprint density at radius 2 is 1.20 bits per heavy atom. The Balaban J connectivity index is 0.00000392. The number of aromatic carboxylic acids is 2. The summed E-state index contributed by atoms with van der Waals surface area (Å²) in [6, 6.07) is 15.7. The molecular weight excluding hydrogens is 750 g/mol. The van der Waals surface area contributed by atoms with Crippen LogP contribution in [0.25, 0.3) is 5.69 Å². The van der Waals surface area contributed by atoms with Crippen molar-refractivity contribution in [3.8, 4) is 17.8 Å². The summed E-state index contributed by atoms with van der Waals surface area (Å²) in [6.07, 6.45) is 1.05. The molecule has 0 saturated heterocycles. The zero-order valence-corrected chi connectivity index (χ0v) is 31.6. The minimum absolute atomic E-state index is 0. The Bertz CT molecular complexity index is 2600. The molecule has 5 aromatic rings. The number of carbonyl (C=O) groups is 2. The number of nitriles is 2. The number of carbonyl (C=O) groups excluding carboxylic acids is 2. The fraction of sp³-hybridized carbons (Fsp3) is 0.0323. The van der Waals surface area contributed by atoms with Crippen LogP contribution in [-0.2, 0) is 20.2 Å². The second kappa shape index (κ2) is 20.0. The number of rotatable bonds is 11. The summed E-state index contributed by atoms with van der Waals surface area (Å²) in [4.78, 5) is 26.6. The van der Waals surface area contributed by atoms with Gasteiger partial charge in [-0.3, -0.25) is 0 Å². The summed E-state index contributed by atoms with van der Waals surface area (Å²) in [6.45, 7) is 1.45. The Morgan fingerprint density at radius 1 is 0.732 bits per heavy atom. The molecule has 0 unspecified atom stereocenters. The second-order valence-corrected chi connectivity index (χ2v) is 13.2. The van der Waals surface area contributed by atoms with E-state index in [-0.39, 0.29) is 132 Å². The molecule has 2 aromatic heterocycles. The van der Waals surface area contributed by atoms with Crippen molar-refractivity contribution in [3.05, 3.63) is 101 Å². The van der Waals surface area contributed by atoms with E-state index >= 15 is 0 Å². The number of carboxylic acid groups (broad SMARTS) is 2. The second-order valence-electron chi connectivity index (χ2n) is 10.4. The van der Waals surface area contributed by atoms with E-state index in [1.165, 1.54) is 31.2 Å². The standard InChI is InChI=1S/C31H21N9O10S2.4Li/c1-16-25(14-33)27(35-20-2-6-23(7-3-20)51(45,46)47)37-28(36-21-4-8-24(9-5-21)52(48,49)50)26(16)38-39-29-19(13-32)15-34-40(29)22-11-17(30(41)42)10-18(12-22)31(43)44;;;;/h2-12,15H,1H3,(H,41,42)(H,43,44)(H2,35,36,37)(H,45,46,47)(H,48,49,50);;;;/q;4*+1/p-4. The van der Waals surface area contributed by atoms with E-state index in [2.05, 4.69) is 30.9 Å². The summed E-state index contributed by atoms with van der Waals surface area (Å²) >= 11 is 0. The maximum Gasteiger partial charge on any atom is 1.00 e. The van der Waals surface area contributed by atoms with Gasteiger partial charge in [0.25, 0.3) is 0 Å². The van der Waals surface area contributed by atoms with E-state index in [0.717, 1.165) is 53.3 Å². The zero-order valence-electron chi connectivity index (χ0n) is 30.0. The molecule has 2 heterocycles. The van der Waals surface area contributed by atoms with Crippen LogP contribution in [0.15, 0.2) is 92.9 Å². The molecule has 2 N–H and O–H groups in total. The Kier molecular flexibility index (Phi) is 17.6. The van der Waals surface area contributed by atoms with Gasteiger partial charge in [0.05, 0.1) is 39.2 Å². The van der Waals surface area contributed by atoms with E-state index in [1.54, 1.807) is 0 Å². The first kappa shape index (κ1) is 49.4. The van der Waals surface area contributed by atoms with E-state index in [4.69, 9.17) is 0 Å². The van der Waals surface area contributed by atoms with Crippen LogP contribution >= 0.6 is 0 Å². The predicted octanol–water partition coefficient (Wildman–Crippen LogP) is -10.2. The fourth-order valence-corrected chi connectivity index (χ4v) is 5.53. The molecule has 3 aromatic carbocycles. The molecule has 0 amide bonds. The van der Waals surface area contributed by atoms with Crippen LogP contribution < -0.4 is 96.3 Å². The van der Waals surface area contributed by atoms with Gasteiger partial charge in [-0.15, -0.1) is 10.2 Å². The predicted molar refractivity (Wildman–Crippen MR) is 170 cm³/mol. The first-order valence-electron chi connectivity index (χ1n) is 14.1. The summed E-state index contributed by atoms with van der Waals surface area (Å²) in [7, 11) is -9.54. The van der Waals surface area contributed by atoms with Gasteiger partial charge in [-0.05, 0) is 84.8 Å². The van der Waals surface area contributed by atoms with Gasteiger partial charge in [-0.25, -0.2) is 26.5 Å². The minimum atomic E-state index is -4.79. The number of benzene rings is 3. The van der Waals surface area contributed by atoms with Crippen LogP contribution in [0, 0.1) is 29.6 Å². The number of azo groups is 1. The van der Waals surface area contributed by atoms with Gasteiger partial charge in [0.1, 0.15) is 43.6 Å². The number of nitrogens with one attached hydrogen (secondary N) is 2. The summed E-state index contributed by atoms with van der Waals surface area (Å²) < 4.78 is 69.4. The first-order valence-corrected chi connectivity index (χ1v) is 16.9. The van der Waals surface area contributed by atoms with Crippen molar-refractivity contribution < 1.29 is 121 Å². The maximum absolute atomic E-state index is 11.6. The first-order chi connectivity index (χ1) is 24.5. The smallest absolute Gasteiger partial charge is 0.744 e. The zero-order chi connectivity index (χ0) is 38.0. The Morgan fingerprint density at radius 3 is 1.61 bits per heavy atom. The van der Waals surface area contributed by atoms with E-state index < -0.39 is 53.1 Å². The Labute approximate surface area is 366 Å². The molecule has 0 radical (unpaired) electrons. The molecule has 0 atom stereocenters. The number of hydrogen-bond acceptors (Lipinski definition) is 18. The molecule has 0 saturated carbocycles. The van der Waals surface area contributed by atoms with Gasteiger partial charge in [0, 0.05) is 16.9 Å². The van der Waals surface area contributed by atoms with E-state index in [1.807, 2.05) is 12.1 Å². The topological polar surface area (TPSA) is 322 Å². The Hall–Kier alpha value is -4.65. The van der Waals surface area contributed by atoms with Gasteiger partial charge in [-0.1, -0.05) is 0 Å². The van der Waals surface area contributed by atoms with Gasteiger partial charge < -0.3 is 39.5 Å². The quantitative estimate of drug-likeness (QED) is 0.0716. The third-order valence-electron chi connectivity index (χ3n) is 7.08. The monoisotopic (exact) mass is 767 g/mol. The minimum Gasteiger partial charge on any atom is -0.744 e. The molecule has 0 aliphatic heterocycles. The van der Waals surface area contributed by atoms with Crippen LogP contribution in [0.1, 0.15) is 37.4 Å². The molecule has 25 heteroatoms. The molecule has 0 aliphatic rings. The molecule has 19 nitrogen and oxygen atoms in total. The fourth-order valence-electron chi connectivity index (χ4n) is 4.59. The number of aromatic nitrogens is 3. The van der Waals surface area contributed by atoms with Crippen molar-refractivity contribution in [3.63, 3.8) is 0 Å². The van der Waals surface area contributed by atoms with Crippen molar-refractivity contribution >= 4 is 66.7 Å². The average Bonchev–Trinajstić information content (AvgIpc) is 3.50. The molecule has 0 fully saturated rings. The van der Waals surface area contributed by atoms with E-state index in [0.29, 0.717) is 0 Å². The SMILES string of the molecule is Cc1c(C#N)c(Nc2ccc(S(=O)(=O)[O-])cc2)nc(Nc2ccc(S(=O)(=O)[O-])cc2)c1N=Nc1c(C#N)cnn1-c1cc(C(=O)[O-])cc(C(=O)[O-])c1.[Li+].[Li+].[Li+].[Li+]. The van der Waals surface area contributed by atoms with Crippen LogP contribution in [0.5, 0.6) is 0 Å². The number of nitrogens with zero attached hydrogens (tertiary/aromatic N) is 7. The molecule has 262 valence electrons. The van der Waals surface area contributed by atoms with Crippen molar-refractivity contribution in [1.29, 1.82) is 10.5 Å². The molecule has 0 spiro atoms. The van der Waals surface area contributed by atoms with Crippen molar-refractivity contribution in [2.45, 2.75) is 16.7 Å². The summed E-state index contributed by atoms with van der Waals surface area (Å²) in [5, 5.41) is 61.1. The number of hydrogen-bond donors (Lipinski definition) is 2. The largest absolute Gasteiger partial charge is 1.00 e. The average molecular weight is 767 g/mol. The van der Waals surface area contributed by atoms with Crippen LogP contribution in [0.4, 0.5) is 34.5 Å². The van der Waals surface area contributed by atoms with Gasteiger partial charge in [0.2, 0.25) is 0 Å². The van der Waals surface area contributed by atoms with Gasteiger partial charge in [0.15, 0.2) is 17.5 Å². The van der Waals surface area contributed by atoms with E-state index in [9.17, 15) is 56.3 Å². The number of carboxylic acids is 2. The van der Waals surface area contributed by atoms with Gasteiger partial charge >= 0.3 is 75.4 Å². The summed E-state index contributed by atoms with van der Waals surface area (Å²) in [5.41, 5.74) is -1.23. The third-order valence-corrected chi connectivity index (χ3v) is 8.78. The molecule has 0 aliphatic carbocycles. The van der Waals surface area contributed by atoms with Crippen LogP contribution in [0.2, 0.25) is 0 Å². The summed E-state index contributed by atoms with van der Waals surface area (Å²) in [5.74, 6) is -3.99. The van der Waals surface area contributed by atoms with Crippen molar-refractivity contribution in [2.75, 3.05) is 10.6 Å². The van der Waals surface area contributed by atoms with Gasteiger partial charge in [-0.2, -0.15) is 15.6 Å². The number of pyridine rings is 1. The van der Waals surface area contributed by atoms with Crippen molar-refractivity contribution in [2.24, 2.45) is 10.2 Å². The van der Waals surface area contributed by atoms with Crippen molar-refractivity contribution in [1.82, 2.24) is 14.8 Å². The normalized spacial score (nSPS) is 10.7.